The van der Waals surface area contributed by atoms with Gasteiger partial charge in [0.1, 0.15) is 5.60 Å². The molecular weight excluding hydrogens is 232 g/mol. The molecular formula is C13H26N2O3. The van der Waals surface area contributed by atoms with E-state index in [0.29, 0.717) is 13.2 Å². The van der Waals surface area contributed by atoms with Gasteiger partial charge in [0.25, 0.3) is 0 Å². The molecule has 1 aliphatic rings. The lowest BCUT2D eigenvalue weighted by atomic mass is 9.91. The third-order valence-corrected chi connectivity index (χ3v) is 2.95. The van der Waals surface area contributed by atoms with Crippen LogP contribution in [0, 0.1) is 0 Å². The van der Waals surface area contributed by atoms with E-state index in [2.05, 4.69) is 5.32 Å². The quantitative estimate of drug-likeness (QED) is 0.806. The smallest absolute Gasteiger partial charge is 0.408 e. The second-order valence-electron chi connectivity index (χ2n) is 6.23. The minimum Gasteiger partial charge on any atom is -0.444 e. The van der Waals surface area contributed by atoms with Crippen molar-refractivity contribution in [2.45, 2.75) is 64.1 Å². The van der Waals surface area contributed by atoms with Crippen molar-refractivity contribution in [1.82, 2.24) is 5.32 Å². The Labute approximate surface area is 109 Å². The molecule has 1 unspecified atom stereocenters. The second-order valence-corrected chi connectivity index (χ2v) is 6.23. The molecule has 18 heavy (non-hydrogen) atoms. The number of nitrogens with two attached hydrogens (primary N) is 1. The molecule has 1 amide bonds. The van der Waals surface area contributed by atoms with E-state index >= 15 is 0 Å². The van der Waals surface area contributed by atoms with Gasteiger partial charge in [-0.15, -0.1) is 0 Å². The van der Waals surface area contributed by atoms with Gasteiger partial charge in [-0.2, -0.15) is 0 Å². The van der Waals surface area contributed by atoms with E-state index in [-0.39, 0.29) is 17.7 Å². The Morgan fingerprint density at radius 2 is 2.22 bits per heavy atom. The highest BCUT2D eigenvalue weighted by atomic mass is 16.6. The molecule has 1 rings (SSSR count). The summed E-state index contributed by atoms with van der Waals surface area (Å²) in [4.78, 5) is 11.8. The predicted octanol–water partition coefficient (Wildman–Crippen LogP) is 1.80. The number of alkyl carbamates (subject to hydrolysis) is 1. The van der Waals surface area contributed by atoms with Crippen LogP contribution in [0.25, 0.3) is 0 Å². The SMILES string of the molecule is C[C@H](N)CCC1(NC(=O)OC(C)(C)C)CCOC1. The highest BCUT2D eigenvalue weighted by Crippen LogP contribution is 2.25. The fourth-order valence-electron chi connectivity index (χ4n) is 1.99. The third kappa shape index (κ3) is 5.23. The Balaban J connectivity index is 2.54. The highest BCUT2D eigenvalue weighted by Gasteiger charge is 2.37. The van der Waals surface area contributed by atoms with Crippen molar-refractivity contribution in [2.24, 2.45) is 5.73 Å². The number of ether oxygens (including phenoxy) is 2. The first kappa shape index (κ1) is 15.2. The lowest BCUT2D eigenvalue weighted by Crippen LogP contribution is -2.51. The molecule has 0 aromatic rings. The lowest BCUT2D eigenvalue weighted by Gasteiger charge is -2.31. The molecule has 1 saturated heterocycles. The van der Waals surface area contributed by atoms with E-state index in [0.717, 1.165) is 19.3 Å². The number of nitrogens with one attached hydrogen (secondary N) is 1. The van der Waals surface area contributed by atoms with Gasteiger partial charge in [-0.1, -0.05) is 0 Å². The molecule has 0 saturated carbocycles. The molecule has 0 aromatic carbocycles. The van der Waals surface area contributed by atoms with Crippen LogP contribution in [0.15, 0.2) is 0 Å². The standard InChI is InChI=1S/C13H26N2O3/c1-10(14)5-6-13(7-8-17-9-13)15-11(16)18-12(2,3)4/h10H,5-9,14H2,1-4H3,(H,15,16)/t10-,13?/m0/s1. The minimum atomic E-state index is -0.480. The normalized spacial score (nSPS) is 25.8. The van der Waals surface area contributed by atoms with Crippen LogP contribution in [0.4, 0.5) is 4.79 Å². The Hall–Kier alpha value is -0.810. The van der Waals surface area contributed by atoms with Gasteiger partial charge < -0.3 is 20.5 Å². The average Bonchev–Trinajstić information content (AvgIpc) is 2.61. The molecule has 0 aliphatic carbocycles. The Bertz CT molecular complexity index is 278. The van der Waals surface area contributed by atoms with Crippen LogP contribution < -0.4 is 11.1 Å². The first-order chi connectivity index (χ1) is 8.22. The Morgan fingerprint density at radius 1 is 1.56 bits per heavy atom. The van der Waals surface area contributed by atoms with Gasteiger partial charge in [-0.3, -0.25) is 0 Å². The summed E-state index contributed by atoms with van der Waals surface area (Å²) in [6, 6.07) is 0.128. The maximum Gasteiger partial charge on any atom is 0.408 e. The summed E-state index contributed by atoms with van der Waals surface area (Å²) in [5, 5.41) is 2.96. The molecule has 2 atom stereocenters. The highest BCUT2D eigenvalue weighted by molar-refractivity contribution is 5.68. The van der Waals surface area contributed by atoms with Crippen molar-refractivity contribution in [3.05, 3.63) is 0 Å². The summed E-state index contributed by atoms with van der Waals surface area (Å²) in [7, 11) is 0. The van der Waals surface area contributed by atoms with Crippen molar-refractivity contribution in [2.75, 3.05) is 13.2 Å². The molecule has 0 spiro atoms. The van der Waals surface area contributed by atoms with Crippen LogP contribution in [0.1, 0.15) is 47.0 Å². The molecule has 106 valence electrons. The monoisotopic (exact) mass is 258 g/mol. The molecule has 1 aliphatic heterocycles. The first-order valence-corrected chi connectivity index (χ1v) is 6.57. The van der Waals surface area contributed by atoms with E-state index in [9.17, 15) is 4.79 Å². The molecule has 1 fully saturated rings. The number of rotatable bonds is 4. The molecule has 0 aromatic heterocycles. The number of hydrogen-bond acceptors (Lipinski definition) is 4. The molecule has 5 nitrogen and oxygen atoms in total. The molecule has 1 heterocycles. The van der Waals surface area contributed by atoms with Crippen LogP contribution in [0.3, 0.4) is 0 Å². The van der Waals surface area contributed by atoms with Gasteiger partial charge >= 0.3 is 6.09 Å². The summed E-state index contributed by atoms with van der Waals surface area (Å²) in [5.41, 5.74) is 4.99. The maximum atomic E-state index is 11.8. The number of carbonyl (C=O) groups is 1. The van der Waals surface area contributed by atoms with Gasteiger partial charge in [0, 0.05) is 12.6 Å². The van der Waals surface area contributed by atoms with E-state index in [1.54, 1.807) is 0 Å². The Morgan fingerprint density at radius 3 is 2.67 bits per heavy atom. The fraction of sp³-hybridized carbons (Fsp3) is 0.923. The topological polar surface area (TPSA) is 73.6 Å². The summed E-state index contributed by atoms with van der Waals surface area (Å²) in [5.74, 6) is 0. The predicted molar refractivity (Wildman–Crippen MR) is 70.4 cm³/mol. The summed E-state index contributed by atoms with van der Waals surface area (Å²) in [6.07, 6.45) is 2.12. The van der Waals surface area contributed by atoms with Crippen molar-refractivity contribution in [3.8, 4) is 0 Å². The molecule has 0 bridgehead atoms. The van der Waals surface area contributed by atoms with E-state index < -0.39 is 5.60 Å². The largest absolute Gasteiger partial charge is 0.444 e. The van der Waals surface area contributed by atoms with Crippen molar-refractivity contribution >= 4 is 6.09 Å². The van der Waals surface area contributed by atoms with E-state index in [1.807, 2.05) is 27.7 Å². The van der Waals surface area contributed by atoms with E-state index in [4.69, 9.17) is 15.2 Å². The first-order valence-electron chi connectivity index (χ1n) is 6.57. The van der Waals surface area contributed by atoms with E-state index in [1.165, 1.54) is 0 Å². The third-order valence-electron chi connectivity index (χ3n) is 2.95. The average molecular weight is 258 g/mol. The van der Waals surface area contributed by atoms with Crippen LogP contribution in [-0.4, -0.2) is 36.5 Å². The molecule has 0 radical (unpaired) electrons. The fourth-order valence-corrected chi connectivity index (χ4v) is 1.99. The maximum absolute atomic E-state index is 11.8. The number of amides is 1. The number of carbonyl (C=O) groups excluding carboxylic acids is 1. The lowest BCUT2D eigenvalue weighted by molar-refractivity contribution is 0.0430. The molecule has 5 heteroatoms. The van der Waals surface area contributed by atoms with Crippen LogP contribution >= 0.6 is 0 Å². The summed E-state index contributed by atoms with van der Waals surface area (Å²) < 4.78 is 10.7. The summed E-state index contributed by atoms with van der Waals surface area (Å²) >= 11 is 0. The van der Waals surface area contributed by atoms with Crippen LogP contribution in [0.2, 0.25) is 0 Å². The van der Waals surface area contributed by atoms with Crippen molar-refractivity contribution in [3.63, 3.8) is 0 Å². The zero-order chi connectivity index (χ0) is 13.8. The zero-order valence-electron chi connectivity index (χ0n) is 11.9. The van der Waals surface area contributed by atoms with Crippen molar-refractivity contribution < 1.29 is 14.3 Å². The summed E-state index contributed by atoms with van der Waals surface area (Å²) in [6.45, 7) is 8.75. The van der Waals surface area contributed by atoms with Crippen molar-refractivity contribution in [1.29, 1.82) is 0 Å². The molecule has 3 N–H and O–H groups in total. The van der Waals surface area contributed by atoms with Gasteiger partial charge in [0.2, 0.25) is 0 Å². The Kier molecular flexibility index (Phi) is 4.99. The van der Waals surface area contributed by atoms with Gasteiger partial charge in [0.15, 0.2) is 0 Å². The van der Waals surface area contributed by atoms with Gasteiger partial charge in [-0.05, 0) is 47.0 Å². The zero-order valence-corrected chi connectivity index (χ0v) is 11.9. The van der Waals surface area contributed by atoms with Crippen LogP contribution in [-0.2, 0) is 9.47 Å². The minimum absolute atomic E-state index is 0.128. The van der Waals surface area contributed by atoms with Crippen LogP contribution in [0.5, 0.6) is 0 Å². The number of hydrogen-bond donors (Lipinski definition) is 2. The van der Waals surface area contributed by atoms with Gasteiger partial charge in [-0.25, -0.2) is 4.79 Å². The second kappa shape index (κ2) is 5.89. The van der Waals surface area contributed by atoms with Gasteiger partial charge in [0.05, 0.1) is 12.1 Å².